The average molecular weight is 362 g/mol. The van der Waals surface area contributed by atoms with E-state index in [0.717, 1.165) is 29.5 Å². The first kappa shape index (κ1) is 18.9. The normalized spacial score (nSPS) is 11.0. The van der Waals surface area contributed by atoms with Crippen LogP contribution in [0.2, 0.25) is 0 Å². The molecule has 0 spiro atoms. The Morgan fingerprint density at radius 3 is 2.88 bits per heavy atom. The molecule has 0 aliphatic carbocycles. The van der Waals surface area contributed by atoms with Gasteiger partial charge in [-0.25, -0.2) is 0 Å². The van der Waals surface area contributed by atoms with Crippen LogP contribution in [-0.4, -0.2) is 34.8 Å². The molecule has 1 aromatic carbocycles. The molecule has 0 bridgehead atoms. The average Bonchev–Trinajstić information content (AvgIpc) is 2.62. The van der Waals surface area contributed by atoms with Gasteiger partial charge in [0, 0.05) is 0 Å². The maximum Gasteiger partial charge on any atom is 0.296 e. The maximum absolute atomic E-state index is 12.0. The summed E-state index contributed by atoms with van der Waals surface area (Å²) in [5, 5.41) is 10.5. The third kappa shape index (κ3) is 4.99. The molecule has 0 atom stereocenters. The molecule has 1 N–H and O–H groups in total. The molecule has 0 amide bonds. The van der Waals surface area contributed by atoms with Gasteiger partial charge in [0.25, 0.3) is 5.56 Å². The summed E-state index contributed by atoms with van der Waals surface area (Å²) >= 11 is 5.04. The third-order valence-corrected chi connectivity index (χ3v) is 3.79. The smallest absolute Gasteiger partial charge is 0.296 e. The molecule has 134 valence electrons. The van der Waals surface area contributed by atoms with Gasteiger partial charge in [-0.2, -0.15) is 14.9 Å². The summed E-state index contributed by atoms with van der Waals surface area (Å²) < 4.78 is 12.3. The number of unbranched alkanes of at least 4 members (excludes halogenated alkanes) is 2. The summed E-state index contributed by atoms with van der Waals surface area (Å²) in [6.07, 6.45) is 4.82. The van der Waals surface area contributed by atoms with Crippen molar-refractivity contribution in [1.29, 1.82) is 0 Å². The van der Waals surface area contributed by atoms with Gasteiger partial charge in [0.2, 0.25) is 4.77 Å². The number of rotatable bonds is 8. The van der Waals surface area contributed by atoms with E-state index in [1.54, 1.807) is 20.1 Å². The summed E-state index contributed by atoms with van der Waals surface area (Å²) in [6.45, 7) is 4.39. The number of hydrogen-bond donors (Lipinski definition) is 1. The van der Waals surface area contributed by atoms with E-state index in [2.05, 4.69) is 22.2 Å². The van der Waals surface area contributed by atoms with Crippen LogP contribution in [0.1, 0.15) is 37.4 Å². The Morgan fingerprint density at radius 2 is 2.16 bits per heavy atom. The van der Waals surface area contributed by atoms with E-state index in [-0.39, 0.29) is 10.3 Å². The molecule has 25 heavy (non-hydrogen) atoms. The molecular weight excluding hydrogens is 340 g/mol. The van der Waals surface area contributed by atoms with E-state index in [1.807, 2.05) is 12.1 Å². The molecule has 0 saturated heterocycles. The van der Waals surface area contributed by atoms with E-state index in [0.29, 0.717) is 23.8 Å². The fourth-order valence-corrected chi connectivity index (χ4v) is 2.30. The zero-order chi connectivity index (χ0) is 18.2. The Hall–Kier alpha value is -2.48. The molecule has 2 rings (SSSR count). The lowest BCUT2D eigenvalue weighted by Crippen LogP contribution is -2.22. The van der Waals surface area contributed by atoms with E-state index in [1.165, 1.54) is 6.21 Å². The second-order valence-corrected chi connectivity index (χ2v) is 5.83. The van der Waals surface area contributed by atoms with E-state index >= 15 is 0 Å². The number of nitrogens with one attached hydrogen (secondary N) is 1. The number of aryl methyl sites for hydroxylation is 1. The zero-order valence-electron chi connectivity index (χ0n) is 14.6. The highest BCUT2D eigenvalue weighted by Crippen LogP contribution is 2.27. The molecule has 2 aromatic rings. The first-order chi connectivity index (χ1) is 12.1. The molecule has 1 aromatic heterocycles. The highest BCUT2D eigenvalue weighted by atomic mass is 32.1. The number of nitrogens with zero attached hydrogens (tertiary/aromatic N) is 3. The minimum atomic E-state index is -0.358. The van der Waals surface area contributed by atoms with Gasteiger partial charge in [-0.3, -0.25) is 9.89 Å². The van der Waals surface area contributed by atoms with Crippen molar-refractivity contribution in [1.82, 2.24) is 14.9 Å². The second-order valence-electron chi connectivity index (χ2n) is 5.44. The minimum Gasteiger partial charge on any atom is -0.493 e. The van der Waals surface area contributed by atoms with Crippen LogP contribution >= 0.6 is 12.2 Å². The minimum absolute atomic E-state index is 0.134. The molecule has 0 radical (unpaired) electrons. The fourth-order valence-electron chi connectivity index (χ4n) is 2.12. The summed E-state index contributed by atoms with van der Waals surface area (Å²) in [5.41, 5.74) is 0.690. The molecular formula is C17H22N4O3S. The Morgan fingerprint density at radius 1 is 1.36 bits per heavy atom. The van der Waals surface area contributed by atoms with E-state index in [9.17, 15) is 4.79 Å². The van der Waals surface area contributed by atoms with Gasteiger partial charge >= 0.3 is 0 Å². The van der Waals surface area contributed by atoms with Gasteiger partial charge in [0.05, 0.1) is 19.9 Å². The predicted octanol–water partition coefficient (Wildman–Crippen LogP) is 3.07. The molecule has 0 saturated carbocycles. The quantitative estimate of drug-likeness (QED) is 0.443. The van der Waals surface area contributed by atoms with Crippen molar-refractivity contribution in [3.05, 3.63) is 44.6 Å². The largest absolute Gasteiger partial charge is 0.493 e. The summed E-state index contributed by atoms with van der Waals surface area (Å²) in [5.74, 6) is 1.30. The van der Waals surface area contributed by atoms with Gasteiger partial charge < -0.3 is 9.47 Å². The lowest BCUT2D eigenvalue weighted by Gasteiger charge is -2.11. The predicted molar refractivity (Wildman–Crippen MR) is 99.4 cm³/mol. The molecule has 1 heterocycles. The van der Waals surface area contributed by atoms with E-state index in [4.69, 9.17) is 21.7 Å². The van der Waals surface area contributed by atoms with Gasteiger partial charge in [-0.15, -0.1) is 0 Å². The molecule has 0 aliphatic heterocycles. The van der Waals surface area contributed by atoms with Crippen molar-refractivity contribution in [3.63, 3.8) is 0 Å². The molecule has 0 unspecified atom stereocenters. The van der Waals surface area contributed by atoms with Gasteiger partial charge in [-0.1, -0.05) is 19.8 Å². The third-order valence-electron chi connectivity index (χ3n) is 3.53. The number of hydrogen-bond acceptors (Lipinski definition) is 6. The lowest BCUT2D eigenvalue weighted by molar-refractivity contribution is 0.286. The number of methoxy groups -OCH3 is 1. The van der Waals surface area contributed by atoms with Crippen molar-refractivity contribution in [2.75, 3.05) is 13.7 Å². The van der Waals surface area contributed by atoms with Crippen LogP contribution in [0.4, 0.5) is 0 Å². The summed E-state index contributed by atoms with van der Waals surface area (Å²) in [4.78, 5) is 12.0. The Labute approximate surface area is 151 Å². The van der Waals surface area contributed by atoms with Crippen molar-refractivity contribution in [2.45, 2.75) is 33.1 Å². The van der Waals surface area contributed by atoms with E-state index < -0.39 is 0 Å². The number of benzene rings is 1. The summed E-state index contributed by atoms with van der Waals surface area (Å²) in [7, 11) is 1.59. The second kappa shape index (κ2) is 9.12. The van der Waals surface area contributed by atoms with Crippen LogP contribution in [0.3, 0.4) is 0 Å². The maximum atomic E-state index is 12.0. The standard InChI is InChI=1S/C17H22N4O3S/c1-4-5-6-9-24-14-8-7-13(10-15(14)23-3)11-18-21-16(22)12(2)19-20-17(21)25/h7-8,10-11H,4-6,9H2,1-3H3,(H,20,25)/b18-11-. The van der Waals surface area contributed by atoms with Crippen LogP contribution in [0, 0.1) is 11.7 Å². The van der Waals surface area contributed by atoms with Gasteiger partial charge in [-0.05, 0) is 49.3 Å². The zero-order valence-corrected chi connectivity index (χ0v) is 15.4. The number of ether oxygens (including phenoxy) is 2. The van der Waals surface area contributed by atoms with Crippen LogP contribution in [0.15, 0.2) is 28.1 Å². The van der Waals surface area contributed by atoms with Crippen LogP contribution < -0.4 is 15.0 Å². The Balaban J connectivity index is 2.20. The first-order valence-corrected chi connectivity index (χ1v) is 8.51. The number of aromatic nitrogens is 3. The van der Waals surface area contributed by atoms with Gasteiger partial charge in [0.15, 0.2) is 11.5 Å². The van der Waals surface area contributed by atoms with Crippen LogP contribution in [0.25, 0.3) is 0 Å². The van der Waals surface area contributed by atoms with Crippen LogP contribution in [-0.2, 0) is 0 Å². The Kier molecular flexibility index (Phi) is 6.88. The lowest BCUT2D eigenvalue weighted by atomic mass is 10.2. The topological polar surface area (TPSA) is 81.5 Å². The Bertz CT molecular complexity index is 858. The molecule has 0 aliphatic rings. The van der Waals surface area contributed by atoms with Crippen molar-refractivity contribution in [3.8, 4) is 11.5 Å². The SMILES string of the molecule is CCCCCOc1ccc(/C=N\n2c(=S)[nH]nc(C)c2=O)cc1OC. The monoisotopic (exact) mass is 362 g/mol. The highest BCUT2D eigenvalue weighted by molar-refractivity contribution is 7.71. The van der Waals surface area contributed by atoms with Crippen LogP contribution in [0.5, 0.6) is 11.5 Å². The molecule has 7 nitrogen and oxygen atoms in total. The molecule has 0 fully saturated rings. The van der Waals surface area contributed by atoms with Gasteiger partial charge in [0.1, 0.15) is 5.69 Å². The van der Waals surface area contributed by atoms with Crippen molar-refractivity contribution >= 4 is 18.4 Å². The van der Waals surface area contributed by atoms with Crippen molar-refractivity contribution in [2.24, 2.45) is 5.10 Å². The molecule has 8 heteroatoms. The van der Waals surface area contributed by atoms with Crippen molar-refractivity contribution < 1.29 is 9.47 Å². The number of H-pyrrole nitrogens is 1. The summed E-state index contributed by atoms with van der Waals surface area (Å²) in [6, 6.07) is 5.46. The first-order valence-electron chi connectivity index (χ1n) is 8.10. The fraction of sp³-hybridized carbons (Fsp3) is 0.412. The number of aromatic amines is 1. The highest BCUT2D eigenvalue weighted by Gasteiger charge is 2.06.